The highest BCUT2D eigenvalue weighted by Gasteiger charge is 2.21. The molecule has 3 aromatic heterocycles. The second-order valence-corrected chi connectivity index (χ2v) is 9.28. The van der Waals surface area contributed by atoms with Gasteiger partial charge in [-0.2, -0.15) is 0 Å². The number of pyridine rings is 1. The number of aromatic nitrogens is 4. The second kappa shape index (κ2) is 9.55. The van der Waals surface area contributed by atoms with Crippen LogP contribution in [-0.4, -0.2) is 25.0 Å². The molecule has 5 rings (SSSR count). The number of carbonyl (C=O) groups is 1. The molecule has 0 atom stereocenters. The highest BCUT2D eigenvalue weighted by atomic mass is 32.1. The zero-order valence-corrected chi connectivity index (χ0v) is 20.2. The van der Waals surface area contributed by atoms with E-state index >= 15 is 0 Å². The van der Waals surface area contributed by atoms with Gasteiger partial charge < -0.3 is 14.5 Å². The van der Waals surface area contributed by atoms with Crippen LogP contribution in [0.4, 0.5) is 10.8 Å². The van der Waals surface area contributed by atoms with Crippen molar-refractivity contribution in [3.63, 3.8) is 0 Å². The highest BCUT2D eigenvalue weighted by Crippen LogP contribution is 2.27. The van der Waals surface area contributed by atoms with Gasteiger partial charge in [0.2, 0.25) is 0 Å². The molecule has 35 heavy (non-hydrogen) atoms. The first-order valence-corrected chi connectivity index (χ1v) is 12.0. The number of benzene rings is 2. The molecule has 0 saturated carbocycles. The zero-order valence-electron chi connectivity index (χ0n) is 19.4. The Balaban J connectivity index is 1.52. The van der Waals surface area contributed by atoms with E-state index in [2.05, 4.69) is 20.6 Å². The molecule has 9 heteroatoms. The van der Waals surface area contributed by atoms with Gasteiger partial charge in [-0.3, -0.25) is 14.9 Å². The van der Waals surface area contributed by atoms with Crippen LogP contribution in [0, 0.1) is 6.92 Å². The van der Waals surface area contributed by atoms with E-state index in [9.17, 15) is 9.59 Å². The van der Waals surface area contributed by atoms with Crippen molar-refractivity contribution in [2.45, 2.75) is 20.0 Å². The second-order valence-electron chi connectivity index (χ2n) is 8.25. The molecule has 8 nitrogen and oxygen atoms in total. The number of thiazole rings is 1. The number of rotatable bonds is 7. The lowest BCUT2D eigenvalue weighted by atomic mass is 10.1. The third kappa shape index (κ3) is 4.85. The standard InChI is InChI=1S/C26H24N6O2S/c1-17-24(25(34)30-26-29-20-10-6-7-11-22(20)35-26)21(27-13-18-8-4-3-5-9-18)12-23(33)32(17)15-19-14-31(2)16-28-19/h3-12,14,16,27H,13,15H2,1-2H3,(H,29,30,34). The molecule has 0 spiro atoms. The summed E-state index contributed by atoms with van der Waals surface area (Å²) in [5.41, 5.74) is 3.83. The van der Waals surface area contributed by atoms with Crippen LogP contribution in [0.25, 0.3) is 10.2 Å². The first-order valence-electron chi connectivity index (χ1n) is 11.1. The molecule has 3 heterocycles. The Hall–Kier alpha value is -4.24. The number of aryl methyl sites for hydroxylation is 1. The molecular formula is C26H24N6O2S. The van der Waals surface area contributed by atoms with E-state index in [1.807, 2.05) is 72.4 Å². The number of nitrogens with one attached hydrogen (secondary N) is 2. The Morgan fingerprint density at radius 3 is 2.60 bits per heavy atom. The molecule has 1 amide bonds. The van der Waals surface area contributed by atoms with Crippen LogP contribution in [0.1, 0.15) is 27.3 Å². The van der Waals surface area contributed by atoms with E-state index in [1.165, 1.54) is 17.4 Å². The van der Waals surface area contributed by atoms with Gasteiger partial charge >= 0.3 is 0 Å². The molecule has 2 N–H and O–H groups in total. The molecule has 0 aliphatic rings. The number of carbonyl (C=O) groups excluding carboxylic acids is 1. The topological polar surface area (TPSA) is 93.8 Å². The van der Waals surface area contributed by atoms with Crippen LogP contribution >= 0.6 is 11.3 Å². The number of nitrogens with zero attached hydrogens (tertiary/aromatic N) is 4. The summed E-state index contributed by atoms with van der Waals surface area (Å²) < 4.78 is 4.39. The molecule has 176 valence electrons. The zero-order chi connectivity index (χ0) is 24.4. The summed E-state index contributed by atoms with van der Waals surface area (Å²) in [6.45, 7) is 2.53. The molecule has 0 fully saturated rings. The number of hydrogen-bond acceptors (Lipinski definition) is 6. The van der Waals surface area contributed by atoms with E-state index in [-0.39, 0.29) is 18.0 Å². The summed E-state index contributed by atoms with van der Waals surface area (Å²) in [5, 5.41) is 6.73. The van der Waals surface area contributed by atoms with Crippen LogP contribution in [0.2, 0.25) is 0 Å². The van der Waals surface area contributed by atoms with Gasteiger partial charge in [0.05, 0.1) is 40.0 Å². The van der Waals surface area contributed by atoms with Crippen molar-refractivity contribution in [2.24, 2.45) is 7.05 Å². The summed E-state index contributed by atoms with van der Waals surface area (Å²) in [4.78, 5) is 35.5. The van der Waals surface area contributed by atoms with Gasteiger partial charge in [-0.15, -0.1) is 0 Å². The third-order valence-electron chi connectivity index (χ3n) is 5.72. The Labute approximate surface area is 205 Å². The van der Waals surface area contributed by atoms with E-state index in [1.54, 1.807) is 17.8 Å². The van der Waals surface area contributed by atoms with Crippen molar-refractivity contribution >= 4 is 38.3 Å². The lowest BCUT2D eigenvalue weighted by Crippen LogP contribution is -2.28. The summed E-state index contributed by atoms with van der Waals surface area (Å²) in [6, 6.07) is 19.0. The van der Waals surface area contributed by atoms with Gasteiger partial charge in [-0.1, -0.05) is 53.8 Å². The maximum Gasteiger partial charge on any atom is 0.261 e. The SMILES string of the molecule is Cc1c(C(=O)Nc2nc3ccccc3s2)c(NCc2ccccc2)cc(=O)n1Cc1cn(C)cn1. The van der Waals surface area contributed by atoms with Gasteiger partial charge in [0.1, 0.15) is 0 Å². The Morgan fingerprint density at radius 2 is 1.86 bits per heavy atom. The predicted molar refractivity (Wildman–Crippen MR) is 139 cm³/mol. The van der Waals surface area contributed by atoms with Crippen LogP contribution < -0.4 is 16.2 Å². The lowest BCUT2D eigenvalue weighted by molar-refractivity contribution is 0.102. The quantitative estimate of drug-likeness (QED) is 0.357. The summed E-state index contributed by atoms with van der Waals surface area (Å²) >= 11 is 1.41. The maximum absolute atomic E-state index is 13.5. The largest absolute Gasteiger partial charge is 0.380 e. The van der Waals surface area contributed by atoms with Crippen molar-refractivity contribution in [3.05, 3.63) is 106 Å². The van der Waals surface area contributed by atoms with E-state index in [0.717, 1.165) is 21.5 Å². The Kier molecular flexibility index (Phi) is 6.15. The van der Waals surface area contributed by atoms with Gasteiger partial charge in [0.25, 0.3) is 11.5 Å². The summed E-state index contributed by atoms with van der Waals surface area (Å²) in [6.07, 6.45) is 3.54. The average Bonchev–Trinajstić information content (AvgIpc) is 3.45. The van der Waals surface area contributed by atoms with Crippen LogP contribution in [0.15, 0.2) is 78.0 Å². The number of hydrogen-bond donors (Lipinski definition) is 2. The van der Waals surface area contributed by atoms with Gasteiger partial charge in [0.15, 0.2) is 5.13 Å². The fourth-order valence-electron chi connectivity index (χ4n) is 3.98. The number of fused-ring (bicyclic) bond motifs is 1. The van der Waals surface area contributed by atoms with Crippen LogP contribution in [0.3, 0.4) is 0 Å². The minimum absolute atomic E-state index is 0.208. The summed E-state index contributed by atoms with van der Waals surface area (Å²) in [7, 11) is 1.87. The third-order valence-corrected chi connectivity index (χ3v) is 6.67. The number of para-hydroxylation sites is 1. The molecule has 0 aliphatic carbocycles. The number of anilines is 2. The molecule has 0 unspecified atom stereocenters. The van der Waals surface area contributed by atoms with Crippen molar-refractivity contribution in [1.29, 1.82) is 0 Å². The summed E-state index contributed by atoms with van der Waals surface area (Å²) in [5.74, 6) is -0.327. The van der Waals surface area contributed by atoms with Gasteiger partial charge in [-0.05, 0) is 24.6 Å². The average molecular weight is 485 g/mol. The van der Waals surface area contributed by atoms with Crippen LogP contribution in [-0.2, 0) is 20.1 Å². The molecule has 0 aliphatic heterocycles. The Morgan fingerprint density at radius 1 is 1.09 bits per heavy atom. The maximum atomic E-state index is 13.5. The number of amides is 1. The molecule has 0 radical (unpaired) electrons. The van der Waals surface area contributed by atoms with Crippen LogP contribution in [0.5, 0.6) is 0 Å². The molecule has 5 aromatic rings. The van der Waals surface area contributed by atoms with Crippen molar-refractivity contribution in [3.8, 4) is 0 Å². The monoisotopic (exact) mass is 484 g/mol. The van der Waals surface area contributed by atoms with E-state index in [4.69, 9.17) is 0 Å². The van der Waals surface area contributed by atoms with Crippen molar-refractivity contribution < 1.29 is 4.79 Å². The molecule has 2 aromatic carbocycles. The fourth-order valence-corrected chi connectivity index (χ4v) is 4.84. The highest BCUT2D eigenvalue weighted by molar-refractivity contribution is 7.22. The number of imidazole rings is 1. The smallest absolute Gasteiger partial charge is 0.261 e. The van der Waals surface area contributed by atoms with Gasteiger partial charge in [0, 0.05) is 31.5 Å². The molecule has 0 bridgehead atoms. The first-order chi connectivity index (χ1) is 17.0. The van der Waals surface area contributed by atoms with Crippen molar-refractivity contribution in [2.75, 3.05) is 10.6 Å². The normalized spacial score (nSPS) is 11.0. The van der Waals surface area contributed by atoms with E-state index < -0.39 is 0 Å². The first kappa shape index (κ1) is 22.5. The minimum Gasteiger partial charge on any atom is -0.380 e. The van der Waals surface area contributed by atoms with Gasteiger partial charge in [-0.25, -0.2) is 9.97 Å². The predicted octanol–water partition coefficient (Wildman–Crippen LogP) is 4.41. The van der Waals surface area contributed by atoms with Crippen molar-refractivity contribution in [1.82, 2.24) is 19.1 Å². The molecule has 0 saturated heterocycles. The lowest BCUT2D eigenvalue weighted by Gasteiger charge is -2.18. The van der Waals surface area contributed by atoms with E-state index in [0.29, 0.717) is 28.6 Å². The fraction of sp³-hybridized carbons (Fsp3) is 0.154. The molecular weight excluding hydrogens is 460 g/mol. The Bertz CT molecular complexity index is 1540. The minimum atomic E-state index is -0.327.